The Morgan fingerprint density at radius 1 is 0.821 bits per heavy atom. The van der Waals surface area contributed by atoms with Crippen LogP contribution in [0.25, 0.3) is 17.7 Å². The van der Waals surface area contributed by atoms with Gasteiger partial charge in [0.1, 0.15) is 23.2 Å². The number of anilines is 2. The Bertz CT molecular complexity index is 1290. The quantitative estimate of drug-likeness (QED) is 0.108. The number of hydrogen-bond acceptors (Lipinski definition) is 6. The lowest BCUT2D eigenvalue weighted by Crippen LogP contribution is -2.21. The summed E-state index contributed by atoms with van der Waals surface area (Å²) in [6.45, 7) is 12.5. The topological polar surface area (TPSA) is 69.7 Å². The molecule has 3 rings (SSSR count). The second-order valence-corrected chi connectivity index (χ2v) is 8.78. The van der Waals surface area contributed by atoms with Gasteiger partial charge in [0.25, 0.3) is 0 Å². The zero-order chi connectivity index (χ0) is 28.2. The molecule has 1 heterocycles. The molecule has 6 nitrogen and oxygen atoms in total. The summed E-state index contributed by atoms with van der Waals surface area (Å²) in [5.41, 5.74) is 5.61. The summed E-state index contributed by atoms with van der Waals surface area (Å²) in [6, 6.07) is 22.7. The maximum absolute atomic E-state index is 11.7. The van der Waals surface area contributed by atoms with E-state index in [1.807, 2.05) is 18.2 Å². The normalized spacial score (nSPS) is 11.2. The second-order valence-electron chi connectivity index (χ2n) is 8.78. The molecule has 0 atom stereocenters. The predicted octanol–water partition coefficient (Wildman–Crippen LogP) is 7.20. The minimum atomic E-state index is -0.697. The largest absolute Gasteiger partial charge is 0.465 e. The molecular weight excluding hydrogens is 486 g/mol. The Kier molecular flexibility index (Phi) is 10.8. The zero-order valence-corrected chi connectivity index (χ0v) is 23.5. The number of hydrogen-bond donors (Lipinski definition) is 0. The molecule has 0 aliphatic rings. The van der Waals surface area contributed by atoms with Crippen LogP contribution in [0.3, 0.4) is 0 Å². The number of nitriles is 1. The third kappa shape index (κ3) is 7.52. The average Bonchev–Trinajstić information content (AvgIpc) is 3.43. The molecule has 0 amide bonds. The molecule has 2 aromatic carbocycles. The Morgan fingerprint density at radius 3 is 1.74 bits per heavy atom. The van der Waals surface area contributed by atoms with Gasteiger partial charge in [0, 0.05) is 43.6 Å². The van der Waals surface area contributed by atoms with Gasteiger partial charge in [0.05, 0.1) is 7.11 Å². The molecule has 0 fully saturated rings. The van der Waals surface area contributed by atoms with Crippen LogP contribution >= 0.6 is 0 Å². The van der Waals surface area contributed by atoms with Crippen LogP contribution in [0.4, 0.5) is 11.4 Å². The molecule has 39 heavy (non-hydrogen) atoms. The first-order valence-corrected chi connectivity index (χ1v) is 13.4. The number of nitrogens with zero attached hydrogens (tertiary/aromatic N) is 3. The summed E-state index contributed by atoms with van der Waals surface area (Å²) < 4.78 is 10.4. The highest BCUT2D eigenvalue weighted by Gasteiger charge is 2.11. The maximum Gasteiger partial charge on any atom is 0.348 e. The van der Waals surface area contributed by atoms with E-state index < -0.39 is 5.97 Å². The molecule has 0 spiro atoms. The van der Waals surface area contributed by atoms with E-state index in [-0.39, 0.29) is 5.57 Å². The van der Waals surface area contributed by atoms with Crippen molar-refractivity contribution in [3.63, 3.8) is 0 Å². The van der Waals surface area contributed by atoms with Crippen molar-refractivity contribution in [3.05, 3.63) is 101 Å². The highest BCUT2D eigenvalue weighted by molar-refractivity contribution is 5.97. The first-order chi connectivity index (χ1) is 19.0. The molecule has 3 aromatic rings. The van der Waals surface area contributed by atoms with Crippen molar-refractivity contribution in [1.29, 1.82) is 5.26 Å². The van der Waals surface area contributed by atoms with Crippen LogP contribution in [-0.2, 0) is 9.53 Å². The van der Waals surface area contributed by atoms with Crippen LogP contribution in [-0.4, -0.2) is 39.3 Å². The van der Waals surface area contributed by atoms with Gasteiger partial charge in [-0.05, 0) is 86.9 Å². The number of furan rings is 1. The molecule has 0 aliphatic heterocycles. The fourth-order valence-electron chi connectivity index (χ4n) is 4.40. The van der Waals surface area contributed by atoms with Crippen LogP contribution in [0.15, 0.2) is 82.8 Å². The van der Waals surface area contributed by atoms with E-state index in [2.05, 4.69) is 96.8 Å². The summed E-state index contributed by atoms with van der Waals surface area (Å²) in [4.78, 5) is 16.3. The third-order valence-electron chi connectivity index (χ3n) is 6.60. The summed E-state index contributed by atoms with van der Waals surface area (Å²) in [7, 11) is 1.24. The van der Waals surface area contributed by atoms with Gasteiger partial charge in [-0.25, -0.2) is 4.79 Å². The highest BCUT2D eigenvalue weighted by atomic mass is 16.5. The Morgan fingerprint density at radius 2 is 1.31 bits per heavy atom. The van der Waals surface area contributed by atoms with Crippen molar-refractivity contribution >= 4 is 35.1 Å². The minimum Gasteiger partial charge on any atom is -0.465 e. The molecule has 0 aliphatic carbocycles. The van der Waals surface area contributed by atoms with Crippen LogP contribution in [0.5, 0.6) is 0 Å². The van der Waals surface area contributed by atoms with E-state index in [4.69, 9.17) is 4.42 Å². The second kappa shape index (κ2) is 14.4. The van der Waals surface area contributed by atoms with Gasteiger partial charge in [-0.15, -0.1) is 0 Å². The van der Waals surface area contributed by atoms with Crippen molar-refractivity contribution in [2.24, 2.45) is 0 Å². The predicted molar refractivity (Wildman–Crippen MR) is 160 cm³/mol. The van der Waals surface area contributed by atoms with Gasteiger partial charge < -0.3 is 19.0 Å². The standard InChI is InChI=1S/C33H37N3O3/c1-6-35(7-2)28-17-13-25(14-18-28)32(26-15-19-29(20-16-26)36(8-3)9-4)12-10-11-30-21-22-31(39-30)23-27(24-34)33(37)38-5/h10-23H,6-9H2,1-5H3/b11-10+,27-23+. The van der Waals surface area contributed by atoms with E-state index in [0.717, 1.165) is 42.9 Å². The van der Waals surface area contributed by atoms with Crippen LogP contribution in [0, 0.1) is 11.3 Å². The van der Waals surface area contributed by atoms with Crippen molar-refractivity contribution < 1.29 is 13.9 Å². The van der Waals surface area contributed by atoms with E-state index >= 15 is 0 Å². The van der Waals surface area contributed by atoms with Crippen molar-refractivity contribution in [2.45, 2.75) is 27.7 Å². The van der Waals surface area contributed by atoms with Gasteiger partial charge in [-0.2, -0.15) is 5.26 Å². The lowest BCUT2D eigenvalue weighted by Gasteiger charge is -2.22. The Labute approximate surface area is 232 Å². The fraction of sp³-hybridized carbons (Fsp3) is 0.273. The summed E-state index contributed by atoms with van der Waals surface area (Å²) in [5, 5.41) is 9.18. The first kappa shape index (κ1) is 29.1. The summed E-state index contributed by atoms with van der Waals surface area (Å²) >= 11 is 0. The van der Waals surface area contributed by atoms with Crippen LogP contribution in [0.2, 0.25) is 0 Å². The van der Waals surface area contributed by atoms with Crippen molar-refractivity contribution in [3.8, 4) is 6.07 Å². The third-order valence-corrected chi connectivity index (χ3v) is 6.60. The molecule has 0 saturated heterocycles. The lowest BCUT2D eigenvalue weighted by molar-refractivity contribution is -0.135. The first-order valence-electron chi connectivity index (χ1n) is 13.4. The van der Waals surface area contributed by atoms with E-state index in [1.165, 1.54) is 24.6 Å². The van der Waals surface area contributed by atoms with Crippen molar-refractivity contribution in [2.75, 3.05) is 43.1 Å². The van der Waals surface area contributed by atoms with Crippen LogP contribution < -0.4 is 9.80 Å². The molecule has 0 unspecified atom stereocenters. The number of carbonyl (C=O) groups excluding carboxylic acids is 1. The SMILES string of the molecule is CCN(CC)c1ccc(C(=C/C=C/c2ccc(/C=C(\C#N)C(=O)OC)o2)c2ccc(N(CC)CC)cc2)cc1. The van der Waals surface area contributed by atoms with Gasteiger partial charge in [0.15, 0.2) is 0 Å². The molecule has 0 N–H and O–H groups in total. The molecular formula is C33H37N3O3. The number of ether oxygens (including phenoxy) is 1. The van der Waals surface area contributed by atoms with Gasteiger partial charge in [-0.1, -0.05) is 36.4 Å². The van der Waals surface area contributed by atoms with Gasteiger partial charge in [-0.3, -0.25) is 0 Å². The molecule has 1 aromatic heterocycles. The number of benzene rings is 2. The number of allylic oxidation sites excluding steroid dienone is 2. The lowest BCUT2D eigenvalue weighted by atomic mass is 9.96. The average molecular weight is 524 g/mol. The molecule has 0 bridgehead atoms. The monoisotopic (exact) mass is 523 g/mol. The highest BCUT2D eigenvalue weighted by Crippen LogP contribution is 2.28. The van der Waals surface area contributed by atoms with E-state index in [0.29, 0.717) is 11.5 Å². The number of rotatable bonds is 12. The Balaban J connectivity index is 1.94. The van der Waals surface area contributed by atoms with Crippen LogP contribution in [0.1, 0.15) is 50.3 Å². The number of esters is 1. The molecule has 6 heteroatoms. The summed E-state index contributed by atoms with van der Waals surface area (Å²) in [6.07, 6.45) is 7.26. The Hall–Kier alpha value is -4.50. The minimum absolute atomic E-state index is 0.120. The number of carbonyl (C=O) groups is 1. The van der Waals surface area contributed by atoms with Gasteiger partial charge >= 0.3 is 5.97 Å². The molecule has 202 valence electrons. The molecule has 0 saturated carbocycles. The number of methoxy groups -OCH3 is 1. The van der Waals surface area contributed by atoms with Crippen molar-refractivity contribution in [1.82, 2.24) is 0 Å². The zero-order valence-electron chi connectivity index (χ0n) is 23.5. The molecule has 0 radical (unpaired) electrons. The van der Waals surface area contributed by atoms with E-state index in [9.17, 15) is 10.1 Å². The summed E-state index contributed by atoms with van der Waals surface area (Å²) in [5.74, 6) is 0.310. The van der Waals surface area contributed by atoms with Gasteiger partial charge in [0.2, 0.25) is 0 Å². The smallest absolute Gasteiger partial charge is 0.348 e. The van der Waals surface area contributed by atoms with E-state index in [1.54, 1.807) is 12.1 Å². The maximum atomic E-state index is 11.7. The fourth-order valence-corrected chi connectivity index (χ4v) is 4.40.